The highest BCUT2D eigenvalue weighted by Gasteiger charge is 2.34. The van der Waals surface area contributed by atoms with Crippen LogP contribution in [-0.4, -0.2) is 22.2 Å². The summed E-state index contributed by atoms with van der Waals surface area (Å²) in [6.45, 7) is 0.748. The molecular formula is C29H23N3O3S. The summed E-state index contributed by atoms with van der Waals surface area (Å²) in [7, 11) is 0. The largest absolute Gasteiger partial charge is 0.489 e. The number of furan rings is 1. The molecule has 5 rings (SSSR count). The number of ether oxygens (including phenoxy) is 1. The Morgan fingerprint density at radius 2 is 1.67 bits per heavy atom. The predicted octanol–water partition coefficient (Wildman–Crippen LogP) is 6.37. The SMILES string of the molecule is O=C1/C(=C/c2cccc(OCc3ccccc3)c2)S/C(=N/N=C/c2ccccc2)N1Cc1ccco1. The first-order chi connectivity index (χ1) is 17.7. The van der Waals surface area contributed by atoms with Crippen molar-refractivity contribution >= 4 is 35.1 Å². The molecule has 1 aliphatic rings. The number of hydrogen-bond donors (Lipinski definition) is 0. The van der Waals surface area contributed by atoms with Gasteiger partial charge in [0, 0.05) is 0 Å². The van der Waals surface area contributed by atoms with Gasteiger partial charge in [-0.2, -0.15) is 5.10 Å². The fourth-order valence-electron chi connectivity index (χ4n) is 3.55. The van der Waals surface area contributed by atoms with Crippen molar-refractivity contribution in [3.63, 3.8) is 0 Å². The molecule has 7 heteroatoms. The van der Waals surface area contributed by atoms with Gasteiger partial charge in [-0.05, 0) is 58.8 Å². The fraction of sp³-hybridized carbons (Fsp3) is 0.0690. The van der Waals surface area contributed by atoms with E-state index >= 15 is 0 Å². The van der Waals surface area contributed by atoms with Crippen LogP contribution in [0.4, 0.5) is 0 Å². The van der Waals surface area contributed by atoms with Crippen LogP contribution in [0.25, 0.3) is 6.08 Å². The van der Waals surface area contributed by atoms with Crippen LogP contribution in [0, 0.1) is 0 Å². The highest BCUT2D eigenvalue weighted by molar-refractivity contribution is 8.18. The maximum atomic E-state index is 13.3. The Hall–Kier alpha value is -4.36. The Kier molecular flexibility index (Phi) is 7.39. The smallest absolute Gasteiger partial charge is 0.267 e. The van der Waals surface area contributed by atoms with Crippen LogP contribution < -0.4 is 4.74 Å². The molecule has 1 aromatic heterocycles. The van der Waals surface area contributed by atoms with Gasteiger partial charge >= 0.3 is 0 Å². The molecule has 1 amide bonds. The number of hydrogen-bond acceptors (Lipinski definition) is 6. The van der Waals surface area contributed by atoms with E-state index in [-0.39, 0.29) is 12.5 Å². The zero-order valence-electron chi connectivity index (χ0n) is 19.4. The van der Waals surface area contributed by atoms with Crippen LogP contribution >= 0.6 is 11.8 Å². The second-order valence-electron chi connectivity index (χ2n) is 7.97. The molecule has 0 spiro atoms. The molecular weight excluding hydrogens is 470 g/mol. The van der Waals surface area contributed by atoms with E-state index in [4.69, 9.17) is 9.15 Å². The molecule has 1 fully saturated rings. The van der Waals surface area contributed by atoms with Gasteiger partial charge in [0.15, 0.2) is 5.17 Å². The minimum absolute atomic E-state index is 0.152. The van der Waals surface area contributed by atoms with Crippen LogP contribution in [0.2, 0.25) is 0 Å². The monoisotopic (exact) mass is 493 g/mol. The van der Waals surface area contributed by atoms with Crippen molar-refractivity contribution in [1.29, 1.82) is 0 Å². The van der Waals surface area contributed by atoms with Gasteiger partial charge in [-0.3, -0.25) is 9.69 Å². The maximum Gasteiger partial charge on any atom is 0.267 e. The summed E-state index contributed by atoms with van der Waals surface area (Å²) in [4.78, 5) is 15.4. The molecule has 0 bridgehead atoms. The number of carbonyl (C=O) groups is 1. The van der Waals surface area contributed by atoms with E-state index in [0.717, 1.165) is 22.4 Å². The minimum Gasteiger partial charge on any atom is -0.489 e. The van der Waals surface area contributed by atoms with Crippen LogP contribution in [0.15, 0.2) is 123 Å². The third-order valence-electron chi connectivity index (χ3n) is 5.34. The zero-order valence-corrected chi connectivity index (χ0v) is 20.2. The fourth-order valence-corrected chi connectivity index (χ4v) is 4.49. The Labute approximate surface area is 213 Å². The van der Waals surface area contributed by atoms with Gasteiger partial charge < -0.3 is 9.15 Å². The summed E-state index contributed by atoms with van der Waals surface area (Å²) in [5.41, 5.74) is 2.88. The first-order valence-electron chi connectivity index (χ1n) is 11.4. The van der Waals surface area contributed by atoms with E-state index in [2.05, 4.69) is 10.2 Å². The Bertz CT molecular complexity index is 1400. The van der Waals surface area contributed by atoms with Crippen LogP contribution in [0.5, 0.6) is 5.75 Å². The first-order valence-corrected chi connectivity index (χ1v) is 12.2. The Balaban J connectivity index is 1.36. The summed E-state index contributed by atoms with van der Waals surface area (Å²) in [5.74, 6) is 1.25. The molecule has 1 aliphatic heterocycles. The second-order valence-corrected chi connectivity index (χ2v) is 8.98. The van der Waals surface area contributed by atoms with Gasteiger partial charge in [-0.25, -0.2) is 0 Å². The van der Waals surface area contributed by atoms with E-state index in [1.165, 1.54) is 11.8 Å². The lowest BCUT2D eigenvalue weighted by molar-refractivity contribution is -0.122. The molecule has 2 heterocycles. The molecule has 0 saturated carbocycles. The number of thioether (sulfide) groups is 1. The Morgan fingerprint density at radius 1 is 0.889 bits per heavy atom. The molecule has 1 saturated heterocycles. The van der Waals surface area contributed by atoms with E-state index in [1.54, 1.807) is 23.4 Å². The van der Waals surface area contributed by atoms with Crippen molar-refractivity contribution in [2.75, 3.05) is 0 Å². The molecule has 3 aromatic carbocycles. The van der Waals surface area contributed by atoms with Crippen LogP contribution in [0.3, 0.4) is 0 Å². The zero-order chi connectivity index (χ0) is 24.6. The molecule has 0 N–H and O–H groups in total. The lowest BCUT2D eigenvalue weighted by atomic mass is 10.2. The average Bonchev–Trinajstić information content (AvgIpc) is 3.53. The Morgan fingerprint density at radius 3 is 2.44 bits per heavy atom. The third kappa shape index (κ3) is 6.00. The van der Waals surface area contributed by atoms with Crippen molar-refractivity contribution in [2.45, 2.75) is 13.2 Å². The lowest BCUT2D eigenvalue weighted by Crippen LogP contribution is -2.28. The lowest BCUT2D eigenvalue weighted by Gasteiger charge is -2.12. The van der Waals surface area contributed by atoms with E-state index in [1.807, 2.05) is 97.1 Å². The number of benzene rings is 3. The quantitative estimate of drug-likeness (QED) is 0.163. The minimum atomic E-state index is -0.152. The molecule has 0 radical (unpaired) electrons. The summed E-state index contributed by atoms with van der Waals surface area (Å²) in [6.07, 6.45) is 5.10. The second kappa shape index (κ2) is 11.4. The average molecular weight is 494 g/mol. The molecule has 6 nitrogen and oxygen atoms in total. The van der Waals surface area contributed by atoms with Crippen LogP contribution in [-0.2, 0) is 17.9 Å². The number of carbonyl (C=O) groups excluding carboxylic acids is 1. The summed E-state index contributed by atoms with van der Waals surface area (Å²) < 4.78 is 11.4. The highest BCUT2D eigenvalue weighted by Crippen LogP contribution is 2.34. The summed E-state index contributed by atoms with van der Waals surface area (Å²) in [6, 6.07) is 31.0. The van der Waals surface area contributed by atoms with E-state index in [9.17, 15) is 4.79 Å². The summed E-state index contributed by atoms with van der Waals surface area (Å²) in [5, 5.41) is 9.06. The number of amidine groups is 1. The molecule has 4 aromatic rings. The number of amides is 1. The van der Waals surface area contributed by atoms with Gasteiger partial charge in [0.25, 0.3) is 5.91 Å². The molecule has 0 atom stereocenters. The van der Waals surface area contributed by atoms with Crippen molar-refractivity contribution in [1.82, 2.24) is 4.90 Å². The van der Waals surface area contributed by atoms with Crippen molar-refractivity contribution in [2.24, 2.45) is 10.2 Å². The van der Waals surface area contributed by atoms with Gasteiger partial charge in [0.2, 0.25) is 0 Å². The standard InChI is InChI=1S/C29H23N3O3S/c33-28-27(18-24-13-7-14-25(17-24)35-21-23-11-5-2-6-12-23)36-29(32(28)20-26-15-8-16-34-26)31-30-19-22-9-3-1-4-10-22/h1-19H,20-21H2/b27-18-,30-19+,31-29+. The highest BCUT2D eigenvalue weighted by atomic mass is 32.2. The molecule has 0 aliphatic carbocycles. The van der Waals surface area contributed by atoms with Crippen molar-refractivity contribution in [3.05, 3.63) is 131 Å². The third-order valence-corrected chi connectivity index (χ3v) is 6.33. The molecule has 0 unspecified atom stereocenters. The van der Waals surface area contributed by atoms with E-state index in [0.29, 0.717) is 22.4 Å². The van der Waals surface area contributed by atoms with Crippen molar-refractivity contribution < 1.29 is 13.9 Å². The summed E-state index contributed by atoms with van der Waals surface area (Å²) >= 11 is 1.29. The van der Waals surface area contributed by atoms with Gasteiger partial charge in [0.1, 0.15) is 18.1 Å². The number of nitrogens with zero attached hydrogens (tertiary/aromatic N) is 3. The maximum absolute atomic E-state index is 13.3. The van der Waals surface area contributed by atoms with Gasteiger partial charge in [-0.1, -0.05) is 72.8 Å². The number of rotatable bonds is 8. The molecule has 36 heavy (non-hydrogen) atoms. The van der Waals surface area contributed by atoms with Crippen molar-refractivity contribution in [3.8, 4) is 5.75 Å². The van der Waals surface area contributed by atoms with Gasteiger partial charge in [-0.15, -0.1) is 5.10 Å². The van der Waals surface area contributed by atoms with E-state index < -0.39 is 0 Å². The topological polar surface area (TPSA) is 67.4 Å². The predicted molar refractivity (Wildman–Crippen MR) is 144 cm³/mol. The first kappa shape index (κ1) is 23.4. The normalized spacial score (nSPS) is 15.9. The van der Waals surface area contributed by atoms with Crippen LogP contribution in [0.1, 0.15) is 22.5 Å². The molecule has 178 valence electrons. The van der Waals surface area contributed by atoms with Gasteiger partial charge in [0.05, 0.1) is 23.9 Å².